The quantitative estimate of drug-likeness (QED) is 0.271. The largest absolute Gasteiger partial charge is 0.495 e. The molecule has 38 heavy (non-hydrogen) atoms. The number of hydrogen-bond acceptors (Lipinski definition) is 4. The number of anilines is 1. The van der Waals surface area contributed by atoms with E-state index in [0.717, 1.165) is 27.7 Å². The van der Waals surface area contributed by atoms with Crippen molar-refractivity contribution in [3.63, 3.8) is 0 Å². The Hall–Kier alpha value is -3.88. The summed E-state index contributed by atoms with van der Waals surface area (Å²) in [4.78, 5) is 19.7. The number of amides is 1. The summed E-state index contributed by atoms with van der Waals surface area (Å²) < 4.78 is 7.51. The molecule has 5 rings (SSSR count). The van der Waals surface area contributed by atoms with Crippen LogP contribution in [0.1, 0.15) is 35.5 Å². The van der Waals surface area contributed by atoms with Crippen LogP contribution in [0.25, 0.3) is 5.69 Å². The Balaban J connectivity index is 1.45. The maximum absolute atomic E-state index is 13.0. The van der Waals surface area contributed by atoms with E-state index in [1.807, 2.05) is 73.8 Å². The van der Waals surface area contributed by atoms with Crippen molar-refractivity contribution < 1.29 is 9.53 Å². The third-order valence-corrected chi connectivity index (χ3v) is 7.44. The lowest BCUT2D eigenvalue weighted by atomic mass is 10.0. The smallest absolute Gasteiger partial charge is 0.226 e. The van der Waals surface area contributed by atoms with Crippen LogP contribution in [0.4, 0.5) is 5.69 Å². The molecule has 0 bridgehead atoms. The molecule has 3 heterocycles. The molecule has 2 unspecified atom stereocenters. The molecule has 1 amide bonds. The summed E-state index contributed by atoms with van der Waals surface area (Å²) in [5, 5.41) is 7.72. The number of methoxy groups -OCH3 is 1. The highest BCUT2D eigenvalue weighted by molar-refractivity contribution is 7.80. The van der Waals surface area contributed by atoms with E-state index < -0.39 is 0 Å². The third kappa shape index (κ3) is 5.23. The molecule has 0 spiro atoms. The van der Waals surface area contributed by atoms with E-state index in [1.165, 1.54) is 0 Å². The molecule has 1 aliphatic rings. The Morgan fingerprint density at radius 2 is 1.95 bits per heavy atom. The van der Waals surface area contributed by atoms with Crippen LogP contribution in [0.3, 0.4) is 0 Å². The zero-order valence-corrected chi connectivity index (χ0v) is 22.7. The summed E-state index contributed by atoms with van der Waals surface area (Å²) in [7, 11) is 1.58. The van der Waals surface area contributed by atoms with Crippen molar-refractivity contribution in [1.29, 1.82) is 0 Å². The van der Waals surface area contributed by atoms with Gasteiger partial charge in [0.2, 0.25) is 5.91 Å². The minimum Gasteiger partial charge on any atom is -0.495 e. The van der Waals surface area contributed by atoms with Crippen LogP contribution in [0.2, 0.25) is 5.02 Å². The highest BCUT2D eigenvalue weighted by Crippen LogP contribution is 2.40. The first-order valence-corrected chi connectivity index (χ1v) is 13.1. The Labute approximate surface area is 232 Å². The normalized spacial score (nSPS) is 16.8. The highest BCUT2D eigenvalue weighted by atomic mass is 35.5. The second-order valence-electron chi connectivity index (χ2n) is 9.05. The van der Waals surface area contributed by atoms with Crippen LogP contribution < -0.4 is 15.4 Å². The van der Waals surface area contributed by atoms with Gasteiger partial charge in [0.05, 0.1) is 30.6 Å². The van der Waals surface area contributed by atoms with Gasteiger partial charge in [-0.1, -0.05) is 29.8 Å². The van der Waals surface area contributed by atoms with E-state index in [0.29, 0.717) is 23.1 Å². The second kappa shape index (κ2) is 11.2. The van der Waals surface area contributed by atoms with Crippen molar-refractivity contribution in [2.24, 2.45) is 0 Å². The van der Waals surface area contributed by atoms with Gasteiger partial charge < -0.3 is 24.8 Å². The number of benzene rings is 2. The molecule has 0 aliphatic carbocycles. The first-order chi connectivity index (χ1) is 18.5. The van der Waals surface area contributed by atoms with Gasteiger partial charge in [-0.2, -0.15) is 0 Å². The number of aromatic nitrogens is 2. The van der Waals surface area contributed by atoms with E-state index in [2.05, 4.69) is 37.2 Å². The molecule has 194 valence electrons. The Kier molecular flexibility index (Phi) is 7.62. The molecule has 0 saturated carbocycles. The number of carbonyl (C=O) groups is 1. The molecule has 4 aromatic rings. The van der Waals surface area contributed by atoms with Gasteiger partial charge in [-0.15, -0.1) is 0 Å². The first kappa shape index (κ1) is 25.8. The van der Waals surface area contributed by atoms with Crippen LogP contribution in [0.15, 0.2) is 85.2 Å². The SMILES string of the molecule is COc1ccccc1NC(=O)CCN1C(=S)NC(c2ccccn2)C1c1cccn1-c1ccc(Cl)c(C)c1. The van der Waals surface area contributed by atoms with Gasteiger partial charge in [-0.3, -0.25) is 9.78 Å². The van der Waals surface area contributed by atoms with Crippen LogP contribution in [-0.4, -0.2) is 39.1 Å². The Morgan fingerprint density at radius 3 is 2.71 bits per heavy atom. The van der Waals surface area contributed by atoms with Gasteiger partial charge in [0, 0.05) is 41.8 Å². The molecular formula is C29H28ClN5O2S. The number of ether oxygens (including phenoxy) is 1. The van der Waals surface area contributed by atoms with E-state index >= 15 is 0 Å². The maximum Gasteiger partial charge on any atom is 0.226 e. The number of para-hydroxylation sites is 2. The standard InChI is InChI=1S/C29H28ClN5O2S/c1-19-18-20(12-13-21(19)30)34-16-7-10-24(34)28-27(23-9-5-6-15-31-23)33-29(38)35(28)17-14-26(36)32-22-8-3-4-11-25(22)37-2/h3-13,15-16,18,27-28H,14,17H2,1-2H3,(H,32,36)(H,33,38). The molecule has 1 aliphatic heterocycles. The number of hydrogen-bond donors (Lipinski definition) is 2. The van der Waals surface area contributed by atoms with E-state index in [9.17, 15) is 4.79 Å². The Morgan fingerprint density at radius 1 is 1.13 bits per heavy atom. The molecule has 7 nitrogen and oxygen atoms in total. The molecule has 0 radical (unpaired) electrons. The van der Waals surface area contributed by atoms with Crippen molar-refractivity contribution in [3.8, 4) is 11.4 Å². The van der Waals surface area contributed by atoms with Crippen molar-refractivity contribution in [2.45, 2.75) is 25.4 Å². The zero-order chi connectivity index (χ0) is 26.6. The summed E-state index contributed by atoms with van der Waals surface area (Å²) in [5.74, 6) is 0.490. The summed E-state index contributed by atoms with van der Waals surface area (Å²) in [6, 6.07) is 22.9. The van der Waals surface area contributed by atoms with Gasteiger partial charge in [-0.25, -0.2) is 0 Å². The molecule has 1 saturated heterocycles. The number of nitrogens with zero attached hydrogens (tertiary/aromatic N) is 3. The van der Waals surface area contributed by atoms with Crippen LogP contribution in [-0.2, 0) is 4.79 Å². The van der Waals surface area contributed by atoms with Crippen molar-refractivity contribution in [3.05, 3.63) is 107 Å². The number of rotatable bonds is 8. The predicted octanol–water partition coefficient (Wildman–Crippen LogP) is 5.84. The first-order valence-electron chi connectivity index (χ1n) is 12.3. The van der Waals surface area contributed by atoms with Crippen LogP contribution >= 0.6 is 23.8 Å². The topological polar surface area (TPSA) is 71.4 Å². The van der Waals surface area contributed by atoms with Crippen LogP contribution in [0, 0.1) is 6.92 Å². The van der Waals surface area contributed by atoms with E-state index in [1.54, 1.807) is 13.3 Å². The lowest BCUT2D eigenvalue weighted by Gasteiger charge is -2.29. The summed E-state index contributed by atoms with van der Waals surface area (Å²) in [6.45, 7) is 2.41. The average molecular weight is 546 g/mol. The maximum atomic E-state index is 13.0. The fraction of sp³-hybridized carbons (Fsp3) is 0.207. The van der Waals surface area contributed by atoms with Gasteiger partial charge in [0.1, 0.15) is 5.75 Å². The zero-order valence-electron chi connectivity index (χ0n) is 21.1. The number of pyridine rings is 1. The minimum absolute atomic E-state index is 0.124. The van der Waals surface area contributed by atoms with Gasteiger partial charge in [-0.05, 0) is 79.3 Å². The summed E-state index contributed by atoms with van der Waals surface area (Å²) >= 11 is 12.1. The average Bonchev–Trinajstić information content (AvgIpc) is 3.54. The molecule has 2 aromatic carbocycles. The lowest BCUT2D eigenvalue weighted by molar-refractivity contribution is -0.116. The Bertz CT molecular complexity index is 1460. The van der Waals surface area contributed by atoms with Crippen molar-refractivity contribution >= 4 is 40.5 Å². The van der Waals surface area contributed by atoms with Gasteiger partial charge in [0.25, 0.3) is 0 Å². The summed E-state index contributed by atoms with van der Waals surface area (Å²) in [6.07, 6.45) is 4.05. The lowest BCUT2D eigenvalue weighted by Crippen LogP contribution is -2.33. The van der Waals surface area contributed by atoms with Crippen molar-refractivity contribution in [2.75, 3.05) is 19.0 Å². The number of halogens is 1. The van der Waals surface area contributed by atoms with E-state index in [-0.39, 0.29) is 24.4 Å². The minimum atomic E-state index is -0.192. The number of aryl methyl sites for hydroxylation is 1. The third-order valence-electron chi connectivity index (χ3n) is 6.66. The van der Waals surface area contributed by atoms with Gasteiger partial charge >= 0.3 is 0 Å². The fourth-order valence-corrected chi connectivity index (χ4v) is 5.25. The van der Waals surface area contributed by atoms with Gasteiger partial charge in [0.15, 0.2) is 5.11 Å². The molecule has 2 aromatic heterocycles. The van der Waals surface area contributed by atoms with Crippen LogP contribution in [0.5, 0.6) is 5.75 Å². The highest BCUT2D eigenvalue weighted by Gasteiger charge is 2.41. The monoisotopic (exact) mass is 545 g/mol. The molecule has 1 fully saturated rings. The molecule has 2 atom stereocenters. The fourth-order valence-electron chi connectivity index (χ4n) is 4.80. The molecular weight excluding hydrogens is 518 g/mol. The number of carbonyl (C=O) groups excluding carboxylic acids is 1. The second-order valence-corrected chi connectivity index (χ2v) is 9.85. The summed E-state index contributed by atoms with van der Waals surface area (Å²) in [5.41, 5.74) is 4.53. The number of nitrogens with one attached hydrogen (secondary N) is 2. The molecule has 9 heteroatoms. The van der Waals surface area contributed by atoms with E-state index in [4.69, 9.17) is 28.6 Å². The van der Waals surface area contributed by atoms with Crippen molar-refractivity contribution in [1.82, 2.24) is 19.8 Å². The molecule has 2 N–H and O–H groups in total. The number of thiocarbonyl (C=S) groups is 1. The predicted molar refractivity (Wildman–Crippen MR) is 154 cm³/mol.